The highest BCUT2D eigenvalue weighted by atomic mass is 32.2. The summed E-state index contributed by atoms with van der Waals surface area (Å²) >= 11 is 0. The van der Waals surface area contributed by atoms with Gasteiger partial charge in [0.15, 0.2) is 0 Å². The Bertz CT molecular complexity index is 364. The number of carbonyl (C=O) groups is 1. The third kappa shape index (κ3) is 3.45. The van der Waals surface area contributed by atoms with E-state index in [2.05, 4.69) is 0 Å². The predicted molar refractivity (Wildman–Crippen MR) is 62.0 cm³/mol. The molecule has 0 aliphatic carbocycles. The van der Waals surface area contributed by atoms with Crippen LogP contribution in [-0.4, -0.2) is 38.1 Å². The molecular formula is C10H20N2O3S. The number of hydrogen-bond acceptors (Lipinski definition) is 3. The Hall–Kier alpha value is -0.620. The van der Waals surface area contributed by atoms with Crippen molar-refractivity contribution < 1.29 is 13.2 Å². The van der Waals surface area contributed by atoms with Crippen LogP contribution in [0.4, 0.5) is 0 Å². The number of nitrogens with zero attached hydrogens (tertiary/aromatic N) is 1. The zero-order valence-electron chi connectivity index (χ0n) is 10.0. The number of sulfonamides is 1. The number of amides is 1. The van der Waals surface area contributed by atoms with Crippen LogP contribution < -0.4 is 5.14 Å². The van der Waals surface area contributed by atoms with Gasteiger partial charge in [0.1, 0.15) is 0 Å². The second kappa shape index (κ2) is 4.71. The van der Waals surface area contributed by atoms with Gasteiger partial charge < -0.3 is 4.90 Å². The molecule has 2 atom stereocenters. The Kier molecular flexibility index (Phi) is 3.96. The van der Waals surface area contributed by atoms with Crippen LogP contribution in [0.1, 0.15) is 20.8 Å². The topological polar surface area (TPSA) is 80.5 Å². The lowest BCUT2D eigenvalue weighted by Crippen LogP contribution is -2.33. The lowest BCUT2D eigenvalue weighted by molar-refractivity contribution is -0.133. The van der Waals surface area contributed by atoms with Gasteiger partial charge in [0, 0.05) is 19.0 Å². The van der Waals surface area contributed by atoms with Crippen LogP contribution in [0, 0.1) is 17.8 Å². The van der Waals surface area contributed by atoms with Gasteiger partial charge >= 0.3 is 0 Å². The maximum atomic E-state index is 11.7. The summed E-state index contributed by atoms with van der Waals surface area (Å²) < 4.78 is 22.0. The fourth-order valence-electron chi connectivity index (χ4n) is 2.09. The first-order valence-corrected chi connectivity index (χ1v) is 7.21. The Labute approximate surface area is 97.0 Å². The van der Waals surface area contributed by atoms with Gasteiger partial charge in [-0.3, -0.25) is 4.79 Å². The summed E-state index contributed by atoms with van der Waals surface area (Å²) in [7, 11) is -3.45. The van der Waals surface area contributed by atoms with E-state index in [1.807, 2.05) is 20.8 Å². The molecule has 0 bridgehead atoms. The second-order valence-corrected chi connectivity index (χ2v) is 6.62. The van der Waals surface area contributed by atoms with Crippen molar-refractivity contribution in [1.29, 1.82) is 0 Å². The number of primary sulfonamides is 1. The smallest absolute Gasteiger partial charge is 0.225 e. The fourth-order valence-corrected chi connectivity index (χ4v) is 3.13. The Morgan fingerprint density at radius 3 is 2.44 bits per heavy atom. The molecule has 1 aliphatic heterocycles. The molecule has 1 aliphatic rings. The Morgan fingerprint density at radius 2 is 2.00 bits per heavy atom. The summed E-state index contributed by atoms with van der Waals surface area (Å²) in [6, 6.07) is 0. The van der Waals surface area contributed by atoms with E-state index in [1.54, 1.807) is 4.90 Å². The van der Waals surface area contributed by atoms with Gasteiger partial charge in [-0.25, -0.2) is 13.6 Å². The molecule has 2 N–H and O–H groups in total. The van der Waals surface area contributed by atoms with Gasteiger partial charge in [0.05, 0.1) is 5.75 Å². The van der Waals surface area contributed by atoms with Crippen LogP contribution in [0.15, 0.2) is 0 Å². The molecule has 0 aromatic heterocycles. The van der Waals surface area contributed by atoms with E-state index in [0.717, 1.165) is 0 Å². The van der Waals surface area contributed by atoms with E-state index in [9.17, 15) is 13.2 Å². The zero-order valence-corrected chi connectivity index (χ0v) is 10.8. The third-order valence-corrected chi connectivity index (χ3v) is 3.91. The summed E-state index contributed by atoms with van der Waals surface area (Å²) in [6.07, 6.45) is 0. The SMILES string of the molecule is CC(C)C(=O)N1CC(C)C(CS(N)(=O)=O)C1. The normalized spacial score (nSPS) is 26.4. The minimum atomic E-state index is -3.45. The van der Waals surface area contributed by atoms with Gasteiger partial charge in [-0.1, -0.05) is 20.8 Å². The molecule has 1 heterocycles. The number of carbonyl (C=O) groups excluding carboxylic acids is 1. The standard InChI is InChI=1S/C10H20N2O3S/c1-7(2)10(13)12-4-8(3)9(5-12)6-16(11,14)15/h7-9H,4-6H2,1-3H3,(H2,11,14,15). The highest BCUT2D eigenvalue weighted by molar-refractivity contribution is 7.89. The summed E-state index contributed by atoms with van der Waals surface area (Å²) in [5.74, 6) is 0.179. The summed E-state index contributed by atoms with van der Waals surface area (Å²) in [5, 5.41) is 5.03. The van der Waals surface area contributed by atoms with Crippen LogP contribution in [0.25, 0.3) is 0 Å². The van der Waals surface area contributed by atoms with Crippen molar-refractivity contribution in [2.75, 3.05) is 18.8 Å². The first kappa shape index (κ1) is 13.4. The van der Waals surface area contributed by atoms with Gasteiger partial charge in [0.2, 0.25) is 15.9 Å². The molecule has 5 nitrogen and oxygen atoms in total. The van der Waals surface area contributed by atoms with Crippen molar-refractivity contribution >= 4 is 15.9 Å². The minimum Gasteiger partial charge on any atom is -0.342 e. The fraction of sp³-hybridized carbons (Fsp3) is 0.900. The van der Waals surface area contributed by atoms with Crippen molar-refractivity contribution in [3.63, 3.8) is 0 Å². The molecule has 1 saturated heterocycles. The van der Waals surface area contributed by atoms with Crippen LogP contribution in [0.5, 0.6) is 0 Å². The second-order valence-electron chi connectivity index (χ2n) is 4.96. The molecule has 94 valence electrons. The van der Waals surface area contributed by atoms with Gasteiger partial charge in [0.25, 0.3) is 0 Å². The maximum absolute atomic E-state index is 11.7. The van der Waals surface area contributed by atoms with Crippen molar-refractivity contribution in [1.82, 2.24) is 4.90 Å². The quantitative estimate of drug-likeness (QED) is 0.765. The molecule has 1 amide bonds. The lowest BCUT2D eigenvalue weighted by Gasteiger charge is -2.18. The molecule has 0 aromatic rings. The number of nitrogens with two attached hydrogens (primary N) is 1. The van der Waals surface area contributed by atoms with E-state index >= 15 is 0 Å². The van der Waals surface area contributed by atoms with E-state index < -0.39 is 10.0 Å². The molecule has 6 heteroatoms. The van der Waals surface area contributed by atoms with Gasteiger partial charge in [-0.2, -0.15) is 0 Å². The van der Waals surface area contributed by atoms with E-state index in [1.165, 1.54) is 0 Å². The molecule has 1 rings (SSSR count). The summed E-state index contributed by atoms with van der Waals surface area (Å²) in [5.41, 5.74) is 0. The summed E-state index contributed by atoms with van der Waals surface area (Å²) in [4.78, 5) is 13.5. The zero-order chi connectivity index (χ0) is 12.5. The first-order valence-electron chi connectivity index (χ1n) is 5.50. The van der Waals surface area contributed by atoms with Crippen LogP contribution in [0.3, 0.4) is 0 Å². The van der Waals surface area contributed by atoms with Crippen LogP contribution in [-0.2, 0) is 14.8 Å². The number of rotatable bonds is 3. The van der Waals surface area contributed by atoms with Crippen molar-refractivity contribution in [3.8, 4) is 0 Å². The third-order valence-electron chi connectivity index (χ3n) is 3.02. The molecule has 2 unspecified atom stereocenters. The molecule has 0 aromatic carbocycles. The van der Waals surface area contributed by atoms with E-state index in [0.29, 0.717) is 13.1 Å². The molecule has 16 heavy (non-hydrogen) atoms. The molecule has 0 spiro atoms. The maximum Gasteiger partial charge on any atom is 0.225 e. The molecule has 0 radical (unpaired) electrons. The first-order chi connectivity index (χ1) is 7.20. The minimum absolute atomic E-state index is 0.0299. The van der Waals surface area contributed by atoms with Crippen molar-refractivity contribution in [3.05, 3.63) is 0 Å². The highest BCUT2D eigenvalue weighted by Crippen LogP contribution is 2.25. The molecule has 1 fully saturated rings. The molecular weight excluding hydrogens is 228 g/mol. The van der Waals surface area contributed by atoms with Crippen molar-refractivity contribution in [2.45, 2.75) is 20.8 Å². The van der Waals surface area contributed by atoms with Gasteiger partial charge in [-0.05, 0) is 11.8 Å². The van der Waals surface area contributed by atoms with Crippen molar-refractivity contribution in [2.24, 2.45) is 22.9 Å². The Balaban J connectivity index is 2.64. The predicted octanol–water partition coefficient (Wildman–Crippen LogP) is 0.0254. The molecule has 0 saturated carbocycles. The summed E-state index contributed by atoms with van der Waals surface area (Å²) in [6.45, 7) is 6.80. The number of likely N-dealkylation sites (tertiary alicyclic amines) is 1. The average Bonchev–Trinajstić information content (AvgIpc) is 2.43. The lowest BCUT2D eigenvalue weighted by atomic mass is 10.0. The van der Waals surface area contributed by atoms with Crippen LogP contribution >= 0.6 is 0 Å². The highest BCUT2D eigenvalue weighted by Gasteiger charge is 2.34. The monoisotopic (exact) mass is 248 g/mol. The number of hydrogen-bond donors (Lipinski definition) is 1. The largest absolute Gasteiger partial charge is 0.342 e. The van der Waals surface area contributed by atoms with E-state index in [4.69, 9.17) is 5.14 Å². The van der Waals surface area contributed by atoms with E-state index in [-0.39, 0.29) is 29.4 Å². The van der Waals surface area contributed by atoms with Gasteiger partial charge in [-0.15, -0.1) is 0 Å². The average molecular weight is 248 g/mol. The Morgan fingerprint density at radius 1 is 1.44 bits per heavy atom. The van der Waals surface area contributed by atoms with Crippen LogP contribution in [0.2, 0.25) is 0 Å².